The molecule has 2 nitrogen and oxygen atoms in total. The number of nitrogens with one attached hydrogen (secondary N) is 1. The molecule has 1 saturated carbocycles. The summed E-state index contributed by atoms with van der Waals surface area (Å²) < 4.78 is 0. The quantitative estimate of drug-likeness (QED) is 0.769. The van der Waals surface area contributed by atoms with Gasteiger partial charge in [0.2, 0.25) is 0 Å². The minimum absolute atomic E-state index is 0.931. The average molecular weight is 190 g/mol. The molecule has 0 aliphatic heterocycles. The van der Waals surface area contributed by atoms with Gasteiger partial charge in [-0.2, -0.15) is 0 Å². The zero-order valence-corrected chi connectivity index (χ0v) is 8.79. The van der Waals surface area contributed by atoms with Crippen LogP contribution in [0.1, 0.15) is 31.0 Å². The molecular weight excluding hydrogens is 172 g/mol. The Hall–Kier alpha value is -0.890. The molecule has 0 saturated heterocycles. The second-order valence-electron chi connectivity index (χ2n) is 4.04. The first-order valence-electron chi connectivity index (χ1n) is 5.53. The second kappa shape index (κ2) is 4.56. The fraction of sp³-hybridized carbons (Fsp3) is 0.583. The summed E-state index contributed by atoms with van der Waals surface area (Å²) in [4.78, 5) is 4.40. The molecule has 0 amide bonds. The van der Waals surface area contributed by atoms with Gasteiger partial charge >= 0.3 is 0 Å². The van der Waals surface area contributed by atoms with E-state index in [2.05, 4.69) is 23.3 Å². The first-order valence-corrected chi connectivity index (χ1v) is 5.53. The van der Waals surface area contributed by atoms with Crippen LogP contribution in [-0.4, -0.2) is 11.5 Å². The highest BCUT2D eigenvalue weighted by atomic mass is 14.9. The smallest absolute Gasteiger partial charge is 0.0573 e. The number of aromatic nitrogens is 1. The number of hydrogen-bond acceptors (Lipinski definition) is 2. The molecule has 76 valence electrons. The normalized spacial score (nSPS) is 15.8. The van der Waals surface area contributed by atoms with Gasteiger partial charge in [0, 0.05) is 12.7 Å². The zero-order valence-electron chi connectivity index (χ0n) is 8.79. The summed E-state index contributed by atoms with van der Waals surface area (Å²) >= 11 is 0. The lowest BCUT2D eigenvalue weighted by atomic mass is 10.1. The molecule has 0 bridgehead atoms. The van der Waals surface area contributed by atoms with Crippen LogP contribution in [0, 0.1) is 5.92 Å². The molecule has 2 rings (SSSR count). The van der Waals surface area contributed by atoms with Crippen molar-refractivity contribution >= 4 is 0 Å². The summed E-state index contributed by atoms with van der Waals surface area (Å²) in [5, 5.41) is 3.48. The second-order valence-corrected chi connectivity index (χ2v) is 4.04. The van der Waals surface area contributed by atoms with E-state index in [1.165, 1.54) is 30.6 Å². The van der Waals surface area contributed by atoms with Crippen molar-refractivity contribution in [3.8, 4) is 0 Å². The van der Waals surface area contributed by atoms with Gasteiger partial charge in [0.1, 0.15) is 0 Å². The molecule has 0 aromatic carbocycles. The van der Waals surface area contributed by atoms with Gasteiger partial charge in [0.25, 0.3) is 0 Å². The Balaban J connectivity index is 1.86. The van der Waals surface area contributed by atoms with E-state index in [1.807, 2.05) is 12.3 Å². The van der Waals surface area contributed by atoms with Crippen LogP contribution in [0.4, 0.5) is 0 Å². The fourth-order valence-electron chi connectivity index (χ4n) is 1.67. The molecule has 0 radical (unpaired) electrons. The van der Waals surface area contributed by atoms with E-state index in [-0.39, 0.29) is 0 Å². The molecule has 0 atom stereocenters. The van der Waals surface area contributed by atoms with Crippen molar-refractivity contribution in [2.75, 3.05) is 6.54 Å². The number of pyridine rings is 1. The summed E-state index contributed by atoms with van der Waals surface area (Å²) in [5.74, 6) is 0.948. The van der Waals surface area contributed by atoms with Gasteiger partial charge in [0.15, 0.2) is 0 Å². The highest BCUT2D eigenvalue weighted by molar-refractivity contribution is 5.19. The van der Waals surface area contributed by atoms with Crippen LogP contribution >= 0.6 is 0 Å². The number of aryl methyl sites for hydroxylation is 1. The van der Waals surface area contributed by atoms with Crippen molar-refractivity contribution in [1.82, 2.24) is 10.3 Å². The molecule has 1 aromatic rings. The maximum Gasteiger partial charge on any atom is 0.0573 e. The van der Waals surface area contributed by atoms with E-state index in [1.54, 1.807) is 0 Å². The van der Waals surface area contributed by atoms with Crippen LogP contribution < -0.4 is 5.32 Å². The van der Waals surface area contributed by atoms with E-state index in [0.717, 1.165) is 18.9 Å². The molecule has 0 spiro atoms. The van der Waals surface area contributed by atoms with Gasteiger partial charge in [-0.25, -0.2) is 0 Å². The van der Waals surface area contributed by atoms with Crippen LogP contribution in [0.2, 0.25) is 0 Å². The SMILES string of the molecule is CCc1cccnc1CNCC1CC1. The Morgan fingerprint density at radius 3 is 3.07 bits per heavy atom. The maximum absolute atomic E-state index is 4.40. The van der Waals surface area contributed by atoms with E-state index < -0.39 is 0 Å². The molecule has 1 aliphatic rings. The highest BCUT2D eigenvalue weighted by Crippen LogP contribution is 2.27. The molecule has 14 heavy (non-hydrogen) atoms. The van der Waals surface area contributed by atoms with Gasteiger partial charge in [0.05, 0.1) is 5.69 Å². The van der Waals surface area contributed by atoms with Gasteiger partial charge in [-0.05, 0) is 43.4 Å². The third-order valence-electron chi connectivity index (χ3n) is 2.79. The van der Waals surface area contributed by atoms with Crippen LogP contribution in [0.5, 0.6) is 0 Å². The Kier molecular flexibility index (Phi) is 3.14. The first-order chi connectivity index (χ1) is 6.90. The predicted molar refractivity (Wildman–Crippen MR) is 58.0 cm³/mol. The molecule has 1 N–H and O–H groups in total. The first kappa shape index (κ1) is 9.66. The van der Waals surface area contributed by atoms with Gasteiger partial charge in [-0.3, -0.25) is 4.98 Å². The lowest BCUT2D eigenvalue weighted by Crippen LogP contribution is -2.18. The zero-order chi connectivity index (χ0) is 9.80. The Labute approximate surface area is 85.7 Å². The minimum Gasteiger partial charge on any atom is -0.311 e. The van der Waals surface area contributed by atoms with E-state index in [0.29, 0.717) is 0 Å². The Morgan fingerprint density at radius 1 is 1.50 bits per heavy atom. The van der Waals surface area contributed by atoms with Crippen LogP contribution in [0.25, 0.3) is 0 Å². The van der Waals surface area contributed by atoms with Crippen molar-refractivity contribution in [3.63, 3.8) is 0 Å². The molecule has 0 unspecified atom stereocenters. The van der Waals surface area contributed by atoms with Gasteiger partial charge < -0.3 is 5.32 Å². The largest absolute Gasteiger partial charge is 0.311 e. The highest BCUT2D eigenvalue weighted by Gasteiger charge is 2.20. The summed E-state index contributed by atoms with van der Waals surface area (Å²) in [6.45, 7) is 4.28. The lowest BCUT2D eigenvalue weighted by Gasteiger charge is -2.07. The van der Waals surface area contributed by atoms with Crippen molar-refractivity contribution < 1.29 is 0 Å². The molecule has 1 fully saturated rings. The molecular formula is C12H18N2. The predicted octanol–water partition coefficient (Wildman–Crippen LogP) is 2.14. The third-order valence-corrected chi connectivity index (χ3v) is 2.79. The summed E-state index contributed by atoms with van der Waals surface area (Å²) in [5.41, 5.74) is 2.59. The van der Waals surface area contributed by atoms with Crippen molar-refractivity contribution in [2.24, 2.45) is 5.92 Å². The summed E-state index contributed by atoms with van der Waals surface area (Å²) in [7, 11) is 0. The monoisotopic (exact) mass is 190 g/mol. The number of nitrogens with zero attached hydrogens (tertiary/aromatic N) is 1. The van der Waals surface area contributed by atoms with Crippen LogP contribution in [-0.2, 0) is 13.0 Å². The van der Waals surface area contributed by atoms with Gasteiger partial charge in [-0.1, -0.05) is 13.0 Å². The van der Waals surface area contributed by atoms with Crippen molar-refractivity contribution in [1.29, 1.82) is 0 Å². The molecule has 2 heteroatoms. The lowest BCUT2D eigenvalue weighted by molar-refractivity contribution is 0.626. The molecule has 1 aliphatic carbocycles. The topological polar surface area (TPSA) is 24.9 Å². The summed E-state index contributed by atoms with van der Waals surface area (Å²) in [6, 6.07) is 4.18. The summed E-state index contributed by atoms with van der Waals surface area (Å²) in [6.07, 6.45) is 5.79. The fourth-order valence-corrected chi connectivity index (χ4v) is 1.67. The average Bonchev–Trinajstić information content (AvgIpc) is 3.03. The maximum atomic E-state index is 4.40. The third kappa shape index (κ3) is 2.55. The molecule has 1 heterocycles. The number of hydrogen-bond donors (Lipinski definition) is 1. The molecule has 1 aromatic heterocycles. The number of rotatable bonds is 5. The standard InChI is InChI=1S/C12H18N2/c1-2-11-4-3-7-14-12(11)9-13-8-10-5-6-10/h3-4,7,10,13H,2,5-6,8-9H2,1H3. The van der Waals surface area contributed by atoms with Crippen LogP contribution in [0.15, 0.2) is 18.3 Å². The van der Waals surface area contributed by atoms with Crippen molar-refractivity contribution in [3.05, 3.63) is 29.6 Å². The van der Waals surface area contributed by atoms with E-state index in [4.69, 9.17) is 0 Å². The van der Waals surface area contributed by atoms with E-state index >= 15 is 0 Å². The van der Waals surface area contributed by atoms with Crippen molar-refractivity contribution in [2.45, 2.75) is 32.7 Å². The van der Waals surface area contributed by atoms with Gasteiger partial charge in [-0.15, -0.1) is 0 Å². The van der Waals surface area contributed by atoms with Crippen LogP contribution in [0.3, 0.4) is 0 Å². The Morgan fingerprint density at radius 2 is 2.36 bits per heavy atom. The van der Waals surface area contributed by atoms with E-state index in [9.17, 15) is 0 Å². The Bertz CT molecular complexity index is 292. The minimum atomic E-state index is 0.931.